The lowest BCUT2D eigenvalue weighted by Crippen LogP contribution is -2.08. The molecule has 0 bridgehead atoms. The molecule has 0 radical (unpaired) electrons. The molecule has 1 heterocycles. The molecule has 0 unspecified atom stereocenters. The van der Waals surface area contributed by atoms with Gasteiger partial charge in [-0.25, -0.2) is 0 Å². The highest BCUT2D eigenvalue weighted by molar-refractivity contribution is 5.34. The summed E-state index contributed by atoms with van der Waals surface area (Å²) in [4.78, 5) is 3.70. The summed E-state index contributed by atoms with van der Waals surface area (Å²) >= 11 is 0. The third kappa shape index (κ3) is 2.11. The van der Waals surface area contributed by atoms with Gasteiger partial charge in [-0.05, 0) is 13.0 Å². The van der Waals surface area contributed by atoms with Gasteiger partial charge in [0.2, 0.25) is 0 Å². The third-order valence-electron chi connectivity index (χ3n) is 1.53. The average Bonchev–Trinajstić information content (AvgIpc) is 2.03. The zero-order valence-corrected chi connectivity index (χ0v) is 7.14. The van der Waals surface area contributed by atoms with Crippen molar-refractivity contribution >= 4 is 0 Å². The Kier molecular flexibility index (Phi) is 2.45. The van der Waals surface area contributed by atoms with Gasteiger partial charge in [0, 0.05) is 5.69 Å². The van der Waals surface area contributed by atoms with E-state index in [9.17, 15) is 13.2 Å². The second-order valence-corrected chi connectivity index (χ2v) is 2.52. The summed E-state index contributed by atoms with van der Waals surface area (Å²) in [6.45, 7) is 1.49. The number of alkyl halides is 3. The minimum Gasteiger partial charge on any atom is -0.495 e. The highest BCUT2D eigenvalue weighted by Crippen LogP contribution is 2.35. The van der Waals surface area contributed by atoms with Crippen molar-refractivity contribution in [2.45, 2.75) is 13.1 Å². The van der Waals surface area contributed by atoms with Gasteiger partial charge in [0.05, 0.1) is 13.3 Å². The predicted octanol–water partition coefficient (Wildman–Crippen LogP) is 2.42. The maximum Gasteiger partial charge on any atom is 0.420 e. The molecular formula is C8H8F3NO. The number of methoxy groups -OCH3 is 1. The molecule has 0 fully saturated rings. The molecule has 0 aliphatic heterocycles. The first kappa shape index (κ1) is 9.83. The van der Waals surface area contributed by atoms with Crippen LogP contribution in [-0.2, 0) is 6.18 Å². The molecule has 2 nitrogen and oxygen atoms in total. The zero-order valence-electron chi connectivity index (χ0n) is 7.14. The number of rotatable bonds is 1. The molecule has 0 atom stereocenters. The maximum absolute atomic E-state index is 12.3. The number of aryl methyl sites for hydroxylation is 1. The smallest absolute Gasteiger partial charge is 0.420 e. The van der Waals surface area contributed by atoms with Gasteiger partial charge in [0.25, 0.3) is 0 Å². The van der Waals surface area contributed by atoms with E-state index >= 15 is 0 Å². The summed E-state index contributed by atoms with van der Waals surface area (Å²) in [7, 11) is 1.18. The quantitative estimate of drug-likeness (QED) is 0.680. The summed E-state index contributed by atoms with van der Waals surface area (Å²) in [6, 6.07) is 0.957. The van der Waals surface area contributed by atoms with Crippen molar-refractivity contribution < 1.29 is 17.9 Å². The van der Waals surface area contributed by atoms with E-state index in [2.05, 4.69) is 9.72 Å². The standard InChI is InChI=1S/C8H8F3NO/c1-5-3-6(8(9,10)11)7(13-2)4-12-5/h3-4H,1-2H3. The first-order valence-electron chi connectivity index (χ1n) is 3.53. The van der Waals surface area contributed by atoms with Crippen LogP contribution in [0, 0.1) is 6.92 Å². The Hall–Kier alpha value is -1.26. The van der Waals surface area contributed by atoms with Crippen molar-refractivity contribution in [1.82, 2.24) is 4.98 Å². The highest BCUT2D eigenvalue weighted by Gasteiger charge is 2.34. The van der Waals surface area contributed by atoms with Crippen molar-refractivity contribution in [3.63, 3.8) is 0 Å². The third-order valence-corrected chi connectivity index (χ3v) is 1.53. The molecule has 13 heavy (non-hydrogen) atoms. The molecule has 0 aliphatic carbocycles. The zero-order chi connectivity index (χ0) is 10.1. The fourth-order valence-corrected chi connectivity index (χ4v) is 0.931. The van der Waals surface area contributed by atoms with Gasteiger partial charge in [0.1, 0.15) is 11.3 Å². The van der Waals surface area contributed by atoms with Crippen LogP contribution in [0.4, 0.5) is 13.2 Å². The molecule has 1 aromatic rings. The molecule has 0 saturated heterocycles. The Morgan fingerprint density at radius 2 is 2.00 bits per heavy atom. The van der Waals surface area contributed by atoms with E-state index in [-0.39, 0.29) is 5.75 Å². The summed E-state index contributed by atoms with van der Waals surface area (Å²) in [5, 5.41) is 0. The molecular weight excluding hydrogens is 183 g/mol. The van der Waals surface area contributed by atoms with Crippen LogP contribution in [0.25, 0.3) is 0 Å². The van der Waals surface area contributed by atoms with Crippen molar-refractivity contribution in [2.24, 2.45) is 0 Å². The van der Waals surface area contributed by atoms with Crippen LogP contribution in [0.2, 0.25) is 0 Å². The van der Waals surface area contributed by atoms with Crippen molar-refractivity contribution in [3.8, 4) is 5.75 Å². The normalized spacial score (nSPS) is 11.5. The molecule has 0 aliphatic rings. The van der Waals surface area contributed by atoms with Crippen LogP contribution in [0.1, 0.15) is 11.3 Å². The minimum atomic E-state index is -4.39. The Morgan fingerprint density at radius 3 is 2.46 bits per heavy atom. The van der Waals surface area contributed by atoms with Gasteiger partial charge >= 0.3 is 6.18 Å². The molecule has 72 valence electrons. The topological polar surface area (TPSA) is 22.1 Å². The van der Waals surface area contributed by atoms with Gasteiger partial charge in [-0.1, -0.05) is 0 Å². The number of aromatic nitrogens is 1. The Bertz CT molecular complexity index is 309. The SMILES string of the molecule is COc1cnc(C)cc1C(F)(F)F. The van der Waals surface area contributed by atoms with Crippen LogP contribution in [0.5, 0.6) is 5.75 Å². The molecule has 0 aromatic carbocycles. The summed E-state index contributed by atoms with van der Waals surface area (Å²) in [5.74, 6) is -0.252. The Morgan fingerprint density at radius 1 is 1.38 bits per heavy atom. The van der Waals surface area contributed by atoms with Gasteiger partial charge in [-0.3, -0.25) is 4.98 Å². The first-order chi connectivity index (χ1) is 5.95. The van der Waals surface area contributed by atoms with Gasteiger partial charge in [0.15, 0.2) is 0 Å². The fourth-order valence-electron chi connectivity index (χ4n) is 0.931. The molecule has 0 N–H and O–H groups in total. The fraction of sp³-hybridized carbons (Fsp3) is 0.375. The van der Waals surface area contributed by atoms with Crippen LogP contribution in [0.15, 0.2) is 12.3 Å². The van der Waals surface area contributed by atoms with Gasteiger partial charge in [-0.2, -0.15) is 13.2 Å². The lowest BCUT2D eigenvalue weighted by molar-refractivity contribution is -0.138. The molecule has 0 saturated carbocycles. The van der Waals surface area contributed by atoms with E-state index in [1.165, 1.54) is 14.0 Å². The number of halogens is 3. The van der Waals surface area contributed by atoms with Crippen LogP contribution in [-0.4, -0.2) is 12.1 Å². The van der Waals surface area contributed by atoms with E-state index in [4.69, 9.17) is 0 Å². The van der Waals surface area contributed by atoms with Crippen LogP contribution >= 0.6 is 0 Å². The Balaban J connectivity index is 3.24. The summed E-state index contributed by atoms with van der Waals surface area (Å²) < 4.78 is 41.5. The second-order valence-electron chi connectivity index (χ2n) is 2.52. The van der Waals surface area contributed by atoms with Gasteiger partial charge in [-0.15, -0.1) is 0 Å². The summed E-state index contributed by atoms with van der Waals surface area (Å²) in [5.41, 5.74) is -0.476. The molecule has 1 aromatic heterocycles. The van der Waals surface area contributed by atoms with E-state index in [0.717, 1.165) is 12.3 Å². The number of ether oxygens (including phenoxy) is 1. The molecule has 5 heteroatoms. The average molecular weight is 191 g/mol. The van der Waals surface area contributed by atoms with Crippen molar-refractivity contribution in [2.75, 3.05) is 7.11 Å². The van der Waals surface area contributed by atoms with Crippen molar-refractivity contribution in [3.05, 3.63) is 23.5 Å². The van der Waals surface area contributed by atoms with E-state index in [1.807, 2.05) is 0 Å². The predicted molar refractivity (Wildman–Crippen MR) is 40.5 cm³/mol. The summed E-state index contributed by atoms with van der Waals surface area (Å²) in [6.07, 6.45) is -3.32. The van der Waals surface area contributed by atoms with Gasteiger partial charge < -0.3 is 4.74 Å². The maximum atomic E-state index is 12.3. The minimum absolute atomic E-state index is 0.252. The monoisotopic (exact) mass is 191 g/mol. The van der Waals surface area contributed by atoms with E-state index in [0.29, 0.717) is 5.69 Å². The first-order valence-corrected chi connectivity index (χ1v) is 3.53. The van der Waals surface area contributed by atoms with E-state index in [1.54, 1.807) is 0 Å². The van der Waals surface area contributed by atoms with Crippen molar-refractivity contribution in [1.29, 1.82) is 0 Å². The molecule has 0 amide bonds. The molecule has 1 rings (SSSR count). The Labute approximate surface area is 73.4 Å². The van der Waals surface area contributed by atoms with Crippen LogP contribution in [0.3, 0.4) is 0 Å². The van der Waals surface area contributed by atoms with E-state index < -0.39 is 11.7 Å². The highest BCUT2D eigenvalue weighted by atomic mass is 19.4. The second kappa shape index (κ2) is 3.24. The lowest BCUT2D eigenvalue weighted by atomic mass is 10.2. The number of pyridine rings is 1. The number of hydrogen-bond donors (Lipinski definition) is 0. The largest absolute Gasteiger partial charge is 0.495 e. The number of nitrogens with zero attached hydrogens (tertiary/aromatic N) is 1. The van der Waals surface area contributed by atoms with Crippen LogP contribution < -0.4 is 4.74 Å². The number of hydrogen-bond acceptors (Lipinski definition) is 2. The molecule has 0 spiro atoms. The lowest BCUT2D eigenvalue weighted by Gasteiger charge is -2.11.